The van der Waals surface area contributed by atoms with Crippen LogP contribution in [0.15, 0.2) is 48.8 Å². The van der Waals surface area contributed by atoms with E-state index in [-0.39, 0.29) is 11.5 Å². The van der Waals surface area contributed by atoms with Gasteiger partial charge in [0.2, 0.25) is 0 Å². The highest BCUT2D eigenvalue weighted by atomic mass is 16.3. The van der Waals surface area contributed by atoms with Crippen LogP contribution in [0.1, 0.15) is 41.5 Å². The van der Waals surface area contributed by atoms with Gasteiger partial charge in [-0.15, -0.1) is 5.10 Å². The molecule has 1 aliphatic heterocycles. The Morgan fingerprint density at radius 1 is 1.04 bits per heavy atom. The van der Waals surface area contributed by atoms with Crippen LogP contribution >= 0.6 is 0 Å². The first-order valence-corrected chi connectivity index (χ1v) is 9.92. The normalized spacial score (nSPS) is 23.2. The van der Waals surface area contributed by atoms with Crippen molar-refractivity contribution in [1.29, 1.82) is 0 Å². The number of fused-ring (bicyclic) bond motifs is 2. The summed E-state index contributed by atoms with van der Waals surface area (Å²) in [6, 6.07) is 12.5. The number of imidazole rings is 1. The zero-order valence-electron chi connectivity index (χ0n) is 16.3. The van der Waals surface area contributed by atoms with Crippen LogP contribution in [0, 0.1) is 13.8 Å². The minimum absolute atomic E-state index is 0.0792. The van der Waals surface area contributed by atoms with Crippen molar-refractivity contribution >= 4 is 5.82 Å². The van der Waals surface area contributed by atoms with Crippen LogP contribution in [0.4, 0.5) is 5.82 Å². The highest BCUT2D eigenvalue weighted by Crippen LogP contribution is 2.52. The first-order valence-electron chi connectivity index (χ1n) is 9.92. The third kappa shape index (κ3) is 2.48. The van der Waals surface area contributed by atoms with E-state index in [1.807, 2.05) is 38.4 Å². The van der Waals surface area contributed by atoms with E-state index in [0.29, 0.717) is 0 Å². The zero-order valence-corrected chi connectivity index (χ0v) is 16.3. The van der Waals surface area contributed by atoms with Gasteiger partial charge in [-0.3, -0.25) is 0 Å². The second kappa shape index (κ2) is 6.41. The van der Waals surface area contributed by atoms with Gasteiger partial charge < -0.3 is 14.6 Å². The fourth-order valence-electron chi connectivity index (χ4n) is 5.08. The molecule has 0 saturated carbocycles. The maximum atomic E-state index is 11.6. The Morgan fingerprint density at radius 3 is 2.50 bits per heavy atom. The predicted molar refractivity (Wildman–Crippen MR) is 107 cm³/mol. The topological polar surface area (TPSA) is 67.1 Å². The second-order valence-electron chi connectivity index (χ2n) is 8.03. The molecule has 144 valence electrons. The fraction of sp³-hybridized carbons (Fsp3) is 0.409. The predicted octanol–water partition coefficient (Wildman–Crippen LogP) is 2.79. The Labute approximate surface area is 164 Å². The highest BCUT2D eigenvalue weighted by Gasteiger charge is 2.53. The molecule has 0 radical (unpaired) electrons. The number of anilines is 1. The number of aliphatic hydroxyl groups is 1. The number of aliphatic hydroxyl groups excluding tert-OH is 1. The van der Waals surface area contributed by atoms with E-state index >= 15 is 0 Å². The third-order valence-corrected chi connectivity index (χ3v) is 6.61. The number of aryl methyl sites for hydroxylation is 2. The summed E-state index contributed by atoms with van der Waals surface area (Å²) in [5.74, 6) is 1.85. The van der Waals surface area contributed by atoms with E-state index in [1.165, 1.54) is 11.1 Å². The van der Waals surface area contributed by atoms with Crippen molar-refractivity contribution in [2.24, 2.45) is 0 Å². The molecular weight excluding hydrogens is 350 g/mol. The van der Waals surface area contributed by atoms with Crippen LogP contribution in [0.2, 0.25) is 0 Å². The van der Waals surface area contributed by atoms with Crippen molar-refractivity contribution < 1.29 is 5.11 Å². The summed E-state index contributed by atoms with van der Waals surface area (Å²) < 4.78 is 2.12. The smallest absolute Gasteiger partial charge is 0.151 e. The van der Waals surface area contributed by atoms with Crippen molar-refractivity contribution in [1.82, 2.24) is 19.7 Å². The molecule has 1 saturated heterocycles. The quantitative estimate of drug-likeness (QED) is 0.746. The minimum atomic E-state index is -0.468. The molecule has 2 atom stereocenters. The Morgan fingerprint density at radius 2 is 1.82 bits per heavy atom. The molecule has 2 aliphatic rings. The first kappa shape index (κ1) is 17.4. The van der Waals surface area contributed by atoms with Crippen molar-refractivity contribution in [2.75, 3.05) is 18.0 Å². The van der Waals surface area contributed by atoms with E-state index in [2.05, 4.69) is 48.9 Å². The Balaban J connectivity index is 1.49. The van der Waals surface area contributed by atoms with Crippen LogP contribution < -0.4 is 4.90 Å². The maximum absolute atomic E-state index is 11.6. The number of aromatic nitrogens is 4. The van der Waals surface area contributed by atoms with Crippen molar-refractivity contribution in [3.8, 4) is 0 Å². The van der Waals surface area contributed by atoms with Gasteiger partial charge in [-0.2, -0.15) is 5.10 Å². The van der Waals surface area contributed by atoms with E-state index in [1.54, 1.807) is 0 Å². The molecule has 1 aromatic carbocycles. The average molecular weight is 375 g/mol. The molecule has 1 fully saturated rings. The molecule has 2 aromatic heterocycles. The molecule has 0 unspecified atom stereocenters. The standard InChI is InChI=1S/C22H25N5O/c1-15-7-8-19(25-24-15)26-12-9-22(10-13-26)18-6-4-3-5-17(18)20(21(22)28)27-14-11-23-16(27)2/h3-8,11,14,20-21,28H,9-10,12-13H2,1-2H3/t20-,21+/m0/s1. The summed E-state index contributed by atoms with van der Waals surface area (Å²) in [5.41, 5.74) is 3.21. The SMILES string of the molecule is Cc1ccc(N2CCC3(CC2)c2ccccc2[C@H](n2ccnc2C)[C@H]3O)nn1. The summed E-state index contributed by atoms with van der Waals surface area (Å²) >= 11 is 0. The number of piperidine rings is 1. The summed E-state index contributed by atoms with van der Waals surface area (Å²) in [6.45, 7) is 5.67. The van der Waals surface area contributed by atoms with Gasteiger partial charge in [0.25, 0.3) is 0 Å². The number of rotatable bonds is 2. The monoisotopic (exact) mass is 375 g/mol. The molecular formula is C22H25N5O. The molecule has 3 heterocycles. The molecule has 5 rings (SSSR count). The van der Waals surface area contributed by atoms with E-state index in [4.69, 9.17) is 0 Å². The molecule has 28 heavy (non-hydrogen) atoms. The number of hydrogen-bond acceptors (Lipinski definition) is 5. The molecule has 1 aliphatic carbocycles. The molecule has 6 nitrogen and oxygen atoms in total. The van der Waals surface area contributed by atoms with Gasteiger partial charge in [0.1, 0.15) is 5.82 Å². The van der Waals surface area contributed by atoms with Crippen LogP contribution in [0.25, 0.3) is 0 Å². The van der Waals surface area contributed by atoms with Crippen molar-refractivity contribution in [2.45, 2.75) is 44.2 Å². The van der Waals surface area contributed by atoms with Gasteiger partial charge in [0, 0.05) is 30.9 Å². The van der Waals surface area contributed by atoms with Crippen molar-refractivity contribution in [3.63, 3.8) is 0 Å². The lowest BCUT2D eigenvalue weighted by atomic mass is 9.72. The van der Waals surface area contributed by atoms with Crippen LogP contribution in [-0.2, 0) is 5.41 Å². The van der Waals surface area contributed by atoms with E-state index in [0.717, 1.165) is 43.3 Å². The molecule has 6 heteroatoms. The zero-order chi connectivity index (χ0) is 19.3. The van der Waals surface area contributed by atoms with E-state index in [9.17, 15) is 5.11 Å². The summed E-state index contributed by atoms with van der Waals surface area (Å²) in [5, 5.41) is 20.1. The maximum Gasteiger partial charge on any atom is 0.151 e. The van der Waals surface area contributed by atoms with Gasteiger partial charge >= 0.3 is 0 Å². The lowest BCUT2D eigenvalue weighted by molar-refractivity contribution is 0.0486. The fourth-order valence-corrected chi connectivity index (χ4v) is 5.08. The van der Waals surface area contributed by atoms with Crippen LogP contribution in [0.3, 0.4) is 0 Å². The molecule has 0 amide bonds. The van der Waals surface area contributed by atoms with E-state index < -0.39 is 6.10 Å². The Hall–Kier alpha value is -2.73. The van der Waals surface area contributed by atoms with Gasteiger partial charge in [-0.25, -0.2) is 4.98 Å². The lowest BCUT2D eigenvalue weighted by Crippen LogP contribution is -2.48. The van der Waals surface area contributed by atoms with Gasteiger partial charge in [-0.1, -0.05) is 24.3 Å². The summed E-state index contributed by atoms with van der Waals surface area (Å²) in [7, 11) is 0. The second-order valence-corrected chi connectivity index (χ2v) is 8.03. The highest BCUT2D eigenvalue weighted by molar-refractivity contribution is 5.48. The number of benzene rings is 1. The Bertz CT molecular complexity index is 988. The minimum Gasteiger partial charge on any atom is -0.390 e. The summed E-state index contributed by atoms with van der Waals surface area (Å²) in [4.78, 5) is 6.67. The summed E-state index contributed by atoms with van der Waals surface area (Å²) in [6.07, 6.45) is 5.12. The molecule has 0 bridgehead atoms. The van der Waals surface area contributed by atoms with Crippen LogP contribution in [-0.4, -0.2) is 44.0 Å². The average Bonchev–Trinajstić information content (AvgIpc) is 3.23. The molecule has 1 N–H and O–H groups in total. The van der Waals surface area contributed by atoms with Crippen molar-refractivity contribution in [3.05, 3.63) is 71.4 Å². The molecule has 3 aromatic rings. The largest absolute Gasteiger partial charge is 0.390 e. The van der Waals surface area contributed by atoms with Gasteiger partial charge in [-0.05, 0) is 49.9 Å². The van der Waals surface area contributed by atoms with Gasteiger partial charge in [0.05, 0.1) is 17.8 Å². The Kier molecular flexibility index (Phi) is 3.98. The first-order chi connectivity index (χ1) is 13.6. The van der Waals surface area contributed by atoms with Gasteiger partial charge in [0.15, 0.2) is 5.82 Å². The lowest BCUT2D eigenvalue weighted by Gasteiger charge is -2.43. The number of hydrogen-bond donors (Lipinski definition) is 1. The molecule has 1 spiro atoms. The van der Waals surface area contributed by atoms with Crippen LogP contribution in [0.5, 0.6) is 0 Å². The number of nitrogens with zero attached hydrogens (tertiary/aromatic N) is 5. The third-order valence-electron chi connectivity index (χ3n) is 6.61.